The van der Waals surface area contributed by atoms with E-state index < -0.39 is 0 Å². The average Bonchev–Trinajstić information content (AvgIpc) is 2.55. The molecule has 0 aromatic heterocycles. The lowest BCUT2D eigenvalue weighted by atomic mass is 10.1. The van der Waals surface area contributed by atoms with Gasteiger partial charge in [-0.2, -0.15) is 0 Å². The van der Waals surface area contributed by atoms with Crippen molar-refractivity contribution in [3.63, 3.8) is 0 Å². The summed E-state index contributed by atoms with van der Waals surface area (Å²) in [5, 5.41) is 0. The Bertz CT molecular complexity index is 518. The van der Waals surface area contributed by atoms with E-state index in [1.54, 1.807) is 12.2 Å². The molecule has 0 unspecified atom stereocenters. The van der Waals surface area contributed by atoms with E-state index in [4.69, 9.17) is 4.74 Å². The highest BCUT2D eigenvalue weighted by Crippen LogP contribution is 2.20. The zero-order valence-corrected chi connectivity index (χ0v) is 14.1. The highest BCUT2D eigenvalue weighted by Gasteiger charge is 2.04. The highest BCUT2D eigenvalue weighted by atomic mass is 16.5. The molecule has 0 spiro atoms. The van der Waals surface area contributed by atoms with Gasteiger partial charge in [0.1, 0.15) is 11.5 Å². The molecule has 0 atom stereocenters. The van der Waals surface area contributed by atoms with Gasteiger partial charge in [-0.25, -0.2) is 0 Å². The van der Waals surface area contributed by atoms with Gasteiger partial charge in [-0.1, -0.05) is 89.1 Å². The van der Waals surface area contributed by atoms with E-state index in [-0.39, 0.29) is 0 Å². The summed E-state index contributed by atoms with van der Waals surface area (Å²) in [7, 11) is 0. The number of benzene rings is 1. The first kappa shape index (κ1) is 19.7. The predicted octanol–water partition coefficient (Wildman–Crippen LogP) is 6.68. The Morgan fingerprint density at radius 3 is 2.27 bits per heavy atom. The van der Waals surface area contributed by atoms with Crippen molar-refractivity contribution in [3.8, 4) is 0 Å². The summed E-state index contributed by atoms with van der Waals surface area (Å²) >= 11 is 0. The van der Waals surface area contributed by atoms with Crippen molar-refractivity contribution in [2.24, 2.45) is 0 Å². The Kier molecular flexibility index (Phi) is 11.2. The van der Waals surface area contributed by atoms with Crippen molar-refractivity contribution in [3.05, 3.63) is 91.0 Å². The van der Waals surface area contributed by atoms with Crippen LogP contribution in [0.15, 0.2) is 85.4 Å². The van der Waals surface area contributed by atoms with Gasteiger partial charge in [0.05, 0.1) is 0 Å². The SMILES string of the molecule is C=C/C=C(\C=C)C(=C)O/C(=C\c1ccccc1)CCC.CC. The molecular weight excluding hydrogens is 268 g/mol. The standard InChI is InChI=1S/C19H22O.C2H6/c1-5-11-18(7-3)16(4)20-19(12-6-2)15-17-13-9-8-10-14-17;1-2/h5,7-11,13-15H,1,3-4,6,12H2,2H3;1-2H3/b18-11+,19-15-;. The monoisotopic (exact) mass is 296 g/mol. The Hall–Kier alpha value is -2.28. The van der Waals surface area contributed by atoms with E-state index >= 15 is 0 Å². The van der Waals surface area contributed by atoms with Crippen molar-refractivity contribution in [2.75, 3.05) is 0 Å². The van der Waals surface area contributed by atoms with Gasteiger partial charge in [0, 0.05) is 12.0 Å². The maximum atomic E-state index is 5.88. The van der Waals surface area contributed by atoms with Gasteiger partial charge in [-0.15, -0.1) is 0 Å². The second kappa shape index (κ2) is 12.5. The molecule has 0 heterocycles. The van der Waals surface area contributed by atoms with E-state index in [2.05, 4.69) is 38.8 Å². The van der Waals surface area contributed by atoms with E-state index in [1.165, 1.54) is 0 Å². The predicted molar refractivity (Wildman–Crippen MR) is 99.4 cm³/mol. The summed E-state index contributed by atoms with van der Waals surface area (Å²) in [4.78, 5) is 0. The molecular formula is C21H28O. The molecule has 1 nitrogen and oxygen atoms in total. The third-order valence-electron chi connectivity index (χ3n) is 2.72. The van der Waals surface area contributed by atoms with Gasteiger partial charge in [0.2, 0.25) is 0 Å². The van der Waals surface area contributed by atoms with E-state index in [0.717, 1.165) is 29.7 Å². The molecule has 0 bridgehead atoms. The first-order chi connectivity index (χ1) is 10.7. The summed E-state index contributed by atoms with van der Waals surface area (Å²) in [6, 6.07) is 10.1. The Morgan fingerprint density at radius 1 is 1.14 bits per heavy atom. The second-order valence-electron chi connectivity index (χ2n) is 4.36. The average molecular weight is 296 g/mol. The fraction of sp³-hybridized carbons (Fsp3) is 0.238. The zero-order chi connectivity index (χ0) is 16.8. The normalized spacial score (nSPS) is 11.0. The van der Waals surface area contributed by atoms with Gasteiger partial charge >= 0.3 is 0 Å². The number of allylic oxidation sites excluding steroid dienone is 4. The van der Waals surface area contributed by atoms with Crippen LogP contribution in [0, 0.1) is 0 Å². The molecule has 118 valence electrons. The lowest BCUT2D eigenvalue weighted by Crippen LogP contribution is -1.94. The molecule has 0 N–H and O–H groups in total. The molecule has 1 aromatic rings. The second-order valence-corrected chi connectivity index (χ2v) is 4.36. The van der Waals surface area contributed by atoms with Crippen LogP contribution >= 0.6 is 0 Å². The van der Waals surface area contributed by atoms with Gasteiger partial charge in [-0.05, 0) is 18.1 Å². The van der Waals surface area contributed by atoms with Crippen LogP contribution < -0.4 is 0 Å². The quantitative estimate of drug-likeness (QED) is 0.384. The number of hydrogen-bond acceptors (Lipinski definition) is 1. The Labute approximate surface area is 136 Å². The largest absolute Gasteiger partial charge is 0.462 e. The molecule has 0 aliphatic heterocycles. The van der Waals surface area contributed by atoms with Gasteiger partial charge in [0.15, 0.2) is 0 Å². The molecule has 1 heteroatoms. The lowest BCUT2D eigenvalue weighted by molar-refractivity contribution is 0.306. The maximum Gasteiger partial charge on any atom is 0.126 e. The first-order valence-corrected chi connectivity index (χ1v) is 7.79. The van der Waals surface area contributed by atoms with E-state index in [9.17, 15) is 0 Å². The van der Waals surface area contributed by atoms with Crippen molar-refractivity contribution >= 4 is 6.08 Å². The Morgan fingerprint density at radius 2 is 1.77 bits per heavy atom. The topological polar surface area (TPSA) is 9.23 Å². The van der Waals surface area contributed by atoms with Gasteiger partial charge in [0.25, 0.3) is 0 Å². The molecule has 0 saturated carbocycles. The lowest BCUT2D eigenvalue weighted by Gasteiger charge is -2.12. The first-order valence-electron chi connectivity index (χ1n) is 7.79. The fourth-order valence-corrected chi connectivity index (χ4v) is 1.75. The molecule has 0 fully saturated rings. The van der Waals surface area contributed by atoms with Crippen LogP contribution in [0.2, 0.25) is 0 Å². The summed E-state index contributed by atoms with van der Waals surface area (Å²) in [5.74, 6) is 1.50. The minimum Gasteiger partial charge on any atom is -0.462 e. The maximum absolute atomic E-state index is 5.88. The zero-order valence-electron chi connectivity index (χ0n) is 14.1. The van der Waals surface area contributed by atoms with Crippen molar-refractivity contribution in [2.45, 2.75) is 33.6 Å². The third kappa shape index (κ3) is 7.49. The molecule has 1 rings (SSSR count). The molecule has 1 aromatic carbocycles. The number of rotatable bonds is 8. The van der Waals surface area contributed by atoms with Crippen molar-refractivity contribution in [1.29, 1.82) is 0 Å². The highest BCUT2D eigenvalue weighted by molar-refractivity contribution is 5.51. The number of hydrogen-bond donors (Lipinski definition) is 0. The van der Waals surface area contributed by atoms with Gasteiger partial charge in [-0.3, -0.25) is 0 Å². The Balaban J connectivity index is 0.00000211. The molecule has 0 saturated heterocycles. The van der Waals surface area contributed by atoms with Crippen LogP contribution in [-0.2, 0) is 4.74 Å². The van der Waals surface area contributed by atoms with Crippen LogP contribution in [0.1, 0.15) is 39.2 Å². The van der Waals surface area contributed by atoms with Crippen molar-refractivity contribution < 1.29 is 4.74 Å². The van der Waals surface area contributed by atoms with Crippen LogP contribution in [0.3, 0.4) is 0 Å². The third-order valence-corrected chi connectivity index (χ3v) is 2.72. The minimum atomic E-state index is 0.593. The molecule has 0 aliphatic carbocycles. The fourth-order valence-electron chi connectivity index (χ4n) is 1.75. The molecule has 0 amide bonds. The van der Waals surface area contributed by atoms with Crippen LogP contribution in [-0.4, -0.2) is 0 Å². The smallest absolute Gasteiger partial charge is 0.126 e. The summed E-state index contributed by atoms with van der Waals surface area (Å²) < 4.78 is 5.88. The van der Waals surface area contributed by atoms with E-state index in [1.807, 2.05) is 44.2 Å². The van der Waals surface area contributed by atoms with Crippen molar-refractivity contribution in [1.82, 2.24) is 0 Å². The number of ether oxygens (including phenoxy) is 1. The van der Waals surface area contributed by atoms with Crippen LogP contribution in [0.4, 0.5) is 0 Å². The molecule has 0 aliphatic rings. The molecule has 22 heavy (non-hydrogen) atoms. The van der Waals surface area contributed by atoms with Gasteiger partial charge < -0.3 is 4.74 Å². The summed E-state index contributed by atoms with van der Waals surface area (Å²) in [6.45, 7) is 17.5. The van der Waals surface area contributed by atoms with E-state index in [0.29, 0.717) is 5.76 Å². The summed E-state index contributed by atoms with van der Waals surface area (Å²) in [6.07, 6.45) is 9.18. The van der Waals surface area contributed by atoms with Crippen LogP contribution in [0.5, 0.6) is 0 Å². The molecule has 0 radical (unpaired) electrons. The minimum absolute atomic E-state index is 0.593. The summed E-state index contributed by atoms with van der Waals surface area (Å²) in [5.41, 5.74) is 1.96. The van der Waals surface area contributed by atoms with Crippen LogP contribution in [0.25, 0.3) is 6.08 Å².